The van der Waals surface area contributed by atoms with Crippen LogP contribution in [0.4, 0.5) is 4.39 Å². The standard InChI is InChI=1S/C15H19FN2O2/c1-9(19)20-15-4-5-17-14(15)6-10-8-18-13-7-11(16)2-3-12(10)13/h2-3,8,11,14-15,17-18H,4-7H2,1H3/t11?,14-,15+/m1/s1. The van der Waals surface area contributed by atoms with E-state index in [0.29, 0.717) is 6.42 Å². The van der Waals surface area contributed by atoms with Crippen LogP contribution >= 0.6 is 0 Å². The SMILES string of the molecule is CC(=O)O[C@H]1CCN[C@@H]1Cc1c[nH]c2c1C=CC(F)C2. The molecule has 0 aromatic carbocycles. The number of ether oxygens (including phenoxy) is 1. The Morgan fingerprint density at radius 3 is 3.20 bits per heavy atom. The van der Waals surface area contributed by atoms with Gasteiger partial charge in [0, 0.05) is 31.3 Å². The van der Waals surface area contributed by atoms with Crippen molar-refractivity contribution in [2.75, 3.05) is 6.54 Å². The maximum atomic E-state index is 13.3. The zero-order valence-electron chi connectivity index (χ0n) is 11.5. The van der Waals surface area contributed by atoms with Crippen LogP contribution in [0.2, 0.25) is 0 Å². The lowest BCUT2D eigenvalue weighted by Gasteiger charge is -2.19. The molecule has 3 rings (SSSR count). The van der Waals surface area contributed by atoms with E-state index in [9.17, 15) is 9.18 Å². The molecule has 1 aliphatic heterocycles. The first kappa shape index (κ1) is 13.4. The Morgan fingerprint density at radius 2 is 2.40 bits per heavy atom. The van der Waals surface area contributed by atoms with Gasteiger partial charge in [0.05, 0.1) is 0 Å². The van der Waals surface area contributed by atoms with Crippen molar-refractivity contribution in [1.82, 2.24) is 10.3 Å². The summed E-state index contributed by atoms with van der Waals surface area (Å²) in [5, 5.41) is 3.38. The molecule has 1 aromatic heterocycles. The van der Waals surface area contributed by atoms with Crippen molar-refractivity contribution in [2.24, 2.45) is 0 Å². The number of hydrogen-bond donors (Lipinski definition) is 2. The molecule has 0 spiro atoms. The van der Waals surface area contributed by atoms with E-state index in [0.717, 1.165) is 36.2 Å². The summed E-state index contributed by atoms with van der Waals surface area (Å²) in [6, 6.07) is 0.135. The second-order valence-corrected chi connectivity index (χ2v) is 5.49. The minimum atomic E-state index is -0.896. The van der Waals surface area contributed by atoms with E-state index >= 15 is 0 Å². The molecule has 1 aromatic rings. The van der Waals surface area contributed by atoms with Crippen molar-refractivity contribution in [3.05, 3.63) is 29.1 Å². The van der Waals surface area contributed by atoms with Gasteiger partial charge in [-0.3, -0.25) is 4.79 Å². The topological polar surface area (TPSA) is 54.1 Å². The number of H-pyrrole nitrogens is 1. The number of hydrogen-bond acceptors (Lipinski definition) is 3. The molecular weight excluding hydrogens is 259 g/mol. The zero-order chi connectivity index (χ0) is 14.1. The Labute approximate surface area is 117 Å². The van der Waals surface area contributed by atoms with Gasteiger partial charge in [-0.05, 0) is 36.6 Å². The lowest BCUT2D eigenvalue weighted by molar-refractivity contribution is -0.146. The molecule has 0 amide bonds. The molecule has 20 heavy (non-hydrogen) atoms. The molecule has 1 aliphatic carbocycles. The van der Waals surface area contributed by atoms with Crippen LogP contribution in [0.5, 0.6) is 0 Å². The molecule has 0 bridgehead atoms. The quantitative estimate of drug-likeness (QED) is 0.828. The second-order valence-electron chi connectivity index (χ2n) is 5.49. The molecular formula is C15H19FN2O2. The van der Waals surface area contributed by atoms with E-state index in [-0.39, 0.29) is 18.1 Å². The maximum absolute atomic E-state index is 13.3. The van der Waals surface area contributed by atoms with Gasteiger partial charge in [-0.2, -0.15) is 0 Å². The number of allylic oxidation sites excluding steroid dienone is 1. The molecule has 2 heterocycles. The van der Waals surface area contributed by atoms with Gasteiger partial charge >= 0.3 is 5.97 Å². The molecule has 1 saturated heterocycles. The van der Waals surface area contributed by atoms with Gasteiger partial charge in [0.2, 0.25) is 0 Å². The van der Waals surface area contributed by atoms with Crippen molar-refractivity contribution >= 4 is 12.0 Å². The van der Waals surface area contributed by atoms with E-state index in [1.807, 2.05) is 12.3 Å². The first-order valence-electron chi connectivity index (χ1n) is 7.05. The van der Waals surface area contributed by atoms with Crippen LogP contribution in [-0.2, 0) is 22.4 Å². The Kier molecular flexibility index (Phi) is 3.61. The van der Waals surface area contributed by atoms with Gasteiger partial charge in [-0.25, -0.2) is 4.39 Å². The highest BCUT2D eigenvalue weighted by molar-refractivity contribution is 5.66. The van der Waals surface area contributed by atoms with Crippen LogP contribution in [0.1, 0.15) is 30.2 Å². The number of halogens is 1. The molecule has 0 saturated carbocycles. The third-order valence-corrected chi connectivity index (χ3v) is 4.00. The molecule has 108 valence electrons. The molecule has 1 fully saturated rings. The Balaban J connectivity index is 1.73. The van der Waals surface area contributed by atoms with E-state index in [1.54, 1.807) is 6.08 Å². The van der Waals surface area contributed by atoms with Crippen LogP contribution in [0.25, 0.3) is 6.08 Å². The summed E-state index contributed by atoms with van der Waals surface area (Å²) in [7, 11) is 0. The summed E-state index contributed by atoms with van der Waals surface area (Å²) in [4.78, 5) is 14.3. The molecule has 4 nitrogen and oxygen atoms in total. The number of carbonyl (C=O) groups excluding carboxylic acids is 1. The second kappa shape index (κ2) is 5.40. The number of esters is 1. The van der Waals surface area contributed by atoms with Crippen LogP contribution in [0, 0.1) is 0 Å². The van der Waals surface area contributed by atoms with Gasteiger partial charge in [0.1, 0.15) is 12.3 Å². The molecule has 3 atom stereocenters. The Hall–Kier alpha value is -1.62. The van der Waals surface area contributed by atoms with Crippen molar-refractivity contribution in [2.45, 2.75) is 44.5 Å². The maximum Gasteiger partial charge on any atom is 0.302 e. The van der Waals surface area contributed by atoms with Crippen LogP contribution in [-0.4, -0.2) is 35.8 Å². The lowest BCUT2D eigenvalue weighted by Crippen LogP contribution is -2.35. The fraction of sp³-hybridized carbons (Fsp3) is 0.533. The number of aromatic amines is 1. The first-order chi connectivity index (χ1) is 9.63. The van der Waals surface area contributed by atoms with Crippen molar-refractivity contribution < 1.29 is 13.9 Å². The van der Waals surface area contributed by atoms with E-state index < -0.39 is 6.17 Å². The summed E-state index contributed by atoms with van der Waals surface area (Å²) in [5.41, 5.74) is 3.20. The minimum Gasteiger partial charge on any atom is -0.461 e. The smallest absolute Gasteiger partial charge is 0.302 e. The number of aromatic nitrogens is 1. The summed E-state index contributed by atoms with van der Waals surface area (Å²) >= 11 is 0. The van der Waals surface area contributed by atoms with Gasteiger partial charge in [-0.15, -0.1) is 0 Å². The molecule has 2 N–H and O–H groups in total. The first-order valence-corrected chi connectivity index (χ1v) is 7.05. The average Bonchev–Trinajstić information content (AvgIpc) is 2.97. The summed E-state index contributed by atoms with van der Waals surface area (Å²) in [5.74, 6) is -0.236. The molecule has 2 aliphatic rings. The predicted octanol–water partition coefficient (Wildman–Crippen LogP) is 1.76. The number of alkyl halides is 1. The number of rotatable bonds is 3. The third kappa shape index (κ3) is 2.63. The van der Waals surface area contributed by atoms with Gasteiger partial charge in [0.15, 0.2) is 0 Å². The van der Waals surface area contributed by atoms with E-state index in [2.05, 4.69) is 10.3 Å². The molecule has 1 unspecified atom stereocenters. The van der Waals surface area contributed by atoms with Gasteiger partial charge in [0.25, 0.3) is 0 Å². The minimum absolute atomic E-state index is 0.0699. The average molecular weight is 278 g/mol. The van der Waals surface area contributed by atoms with Crippen LogP contribution < -0.4 is 5.32 Å². The highest BCUT2D eigenvalue weighted by Gasteiger charge is 2.30. The molecule has 5 heteroatoms. The van der Waals surface area contributed by atoms with Crippen molar-refractivity contribution in [3.63, 3.8) is 0 Å². The van der Waals surface area contributed by atoms with Crippen LogP contribution in [0.15, 0.2) is 12.3 Å². The highest BCUT2D eigenvalue weighted by Crippen LogP contribution is 2.26. The summed E-state index contributed by atoms with van der Waals surface area (Å²) < 4.78 is 18.6. The van der Waals surface area contributed by atoms with Gasteiger partial charge in [-0.1, -0.05) is 6.08 Å². The fourth-order valence-electron chi connectivity index (χ4n) is 3.07. The monoisotopic (exact) mass is 278 g/mol. The number of nitrogens with one attached hydrogen (secondary N) is 2. The number of fused-ring (bicyclic) bond motifs is 1. The highest BCUT2D eigenvalue weighted by atomic mass is 19.1. The number of carbonyl (C=O) groups is 1. The summed E-state index contributed by atoms with van der Waals surface area (Å²) in [6.45, 7) is 2.30. The van der Waals surface area contributed by atoms with Crippen molar-refractivity contribution in [1.29, 1.82) is 0 Å². The summed E-state index contributed by atoms with van der Waals surface area (Å²) in [6.07, 6.45) is 6.47. The normalized spacial score (nSPS) is 28.4. The van der Waals surface area contributed by atoms with Crippen LogP contribution in [0.3, 0.4) is 0 Å². The Bertz CT molecular complexity index is 538. The Morgan fingerprint density at radius 1 is 1.55 bits per heavy atom. The third-order valence-electron chi connectivity index (χ3n) is 4.00. The predicted molar refractivity (Wildman–Crippen MR) is 74.1 cm³/mol. The zero-order valence-corrected chi connectivity index (χ0v) is 11.5. The largest absolute Gasteiger partial charge is 0.461 e. The van der Waals surface area contributed by atoms with Gasteiger partial charge < -0.3 is 15.0 Å². The van der Waals surface area contributed by atoms with E-state index in [4.69, 9.17) is 4.74 Å². The fourth-order valence-corrected chi connectivity index (χ4v) is 3.07. The lowest BCUT2D eigenvalue weighted by atomic mass is 9.96. The van der Waals surface area contributed by atoms with Crippen molar-refractivity contribution in [3.8, 4) is 0 Å². The molecule has 0 radical (unpaired) electrons. The van der Waals surface area contributed by atoms with E-state index in [1.165, 1.54) is 6.92 Å².